The van der Waals surface area contributed by atoms with E-state index in [0.29, 0.717) is 32.0 Å². The number of nitrogens with zero attached hydrogens (tertiary/aromatic N) is 2. The lowest BCUT2D eigenvalue weighted by Gasteiger charge is -2.18. The summed E-state index contributed by atoms with van der Waals surface area (Å²) in [6, 6.07) is 20.4. The lowest BCUT2D eigenvalue weighted by Crippen LogP contribution is -2.30. The zero-order chi connectivity index (χ0) is 25.1. The van der Waals surface area contributed by atoms with Crippen LogP contribution in [0.15, 0.2) is 77.3 Å². The molecule has 35 heavy (non-hydrogen) atoms. The summed E-state index contributed by atoms with van der Waals surface area (Å²) in [7, 11) is 0. The second-order valence-electron chi connectivity index (χ2n) is 7.43. The second-order valence-corrected chi connectivity index (χ2v) is 10.3. The zero-order valence-electron chi connectivity index (χ0n) is 17.8. The van der Waals surface area contributed by atoms with E-state index in [1.165, 1.54) is 17.0 Å². The van der Waals surface area contributed by atoms with Crippen LogP contribution in [0.1, 0.15) is 5.56 Å². The minimum atomic E-state index is -0.677. The molecule has 10 heteroatoms. The minimum Gasteiger partial charge on any atom is -0.321 e. The highest BCUT2D eigenvalue weighted by atomic mass is 35.5. The predicted octanol–water partition coefficient (Wildman–Crippen LogP) is 7.37. The highest BCUT2D eigenvalue weighted by Gasteiger charge is 2.41. The van der Waals surface area contributed by atoms with Crippen molar-refractivity contribution in [1.82, 2.24) is 0 Å². The van der Waals surface area contributed by atoms with Gasteiger partial charge in [0.05, 0.1) is 15.3 Å². The Hall–Kier alpha value is -2.66. The van der Waals surface area contributed by atoms with Crippen LogP contribution in [0, 0.1) is 11.3 Å². The molecule has 176 valence electrons. The third-order valence-corrected chi connectivity index (χ3v) is 7.72. The van der Waals surface area contributed by atoms with Gasteiger partial charge in [-0.2, -0.15) is 5.26 Å². The summed E-state index contributed by atoms with van der Waals surface area (Å²) in [6.07, 6.45) is 0.267. The molecule has 1 N–H and O–H groups in total. The van der Waals surface area contributed by atoms with Gasteiger partial charge in [-0.1, -0.05) is 76.4 Å². The van der Waals surface area contributed by atoms with E-state index >= 15 is 0 Å². The molecule has 1 saturated heterocycles. The van der Waals surface area contributed by atoms with Crippen LogP contribution in [0.25, 0.3) is 0 Å². The number of carbonyl (C=O) groups excluding carboxylic acids is 2. The Kier molecular flexibility index (Phi) is 7.95. The number of nitriles is 1. The molecular formula is C25H15Cl4N3O2S. The molecule has 5 nitrogen and oxygen atoms in total. The molecule has 0 spiro atoms. The molecule has 1 aliphatic rings. The number of rotatable bonds is 5. The van der Waals surface area contributed by atoms with Crippen molar-refractivity contribution in [3.05, 3.63) is 103 Å². The third-order valence-electron chi connectivity index (χ3n) is 5.11. The summed E-state index contributed by atoms with van der Waals surface area (Å²) >= 11 is 25.6. The number of nitrogens with one attached hydrogen (secondary N) is 1. The number of carbonyl (C=O) groups is 2. The maximum atomic E-state index is 13.5. The molecular weight excluding hydrogens is 548 g/mol. The molecule has 0 saturated carbocycles. The van der Waals surface area contributed by atoms with Gasteiger partial charge in [0.1, 0.15) is 16.7 Å². The van der Waals surface area contributed by atoms with Gasteiger partial charge in [-0.3, -0.25) is 14.5 Å². The van der Waals surface area contributed by atoms with E-state index in [-0.39, 0.29) is 28.0 Å². The Labute approximate surface area is 226 Å². The summed E-state index contributed by atoms with van der Waals surface area (Å²) in [6.45, 7) is 0. The average Bonchev–Trinajstić information content (AvgIpc) is 3.15. The van der Waals surface area contributed by atoms with Crippen molar-refractivity contribution in [3.8, 4) is 6.07 Å². The number of hydrogen-bond acceptors (Lipinski definition) is 4. The molecule has 3 aromatic carbocycles. The van der Waals surface area contributed by atoms with Crippen LogP contribution < -0.4 is 10.2 Å². The molecule has 1 fully saturated rings. The van der Waals surface area contributed by atoms with E-state index in [4.69, 9.17) is 46.4 Å². The van der Waals surface area contributed by atoms with Gasteiger partial charge < -0.3 is 5.32 Å². The van der Waals surface area contributed by atoms with Gasteiger partial charge in [-0.25, -0.2) is 0 Å². The monoisotopic (exact) mass is 561 g/mol. The second kappa shape index (κ2) is 10.9. The van der Waals surface area contributed by atoms with Gasteiger partial charge >= 0.3 is 0 Å². The van der Waals surface area contributed by atoms with Gasteiger partial charge in [0.15, 0.2) is 0 Å². The topological polar surface area (TPSA) is 73.2 Å². The number of thioether (sulfide) groups is 1. The number of benzene rings is 3. The molecule has 1 atom stereocenters. The maximum Gasteiger partial charge on any atom is 0.269 e. The van der Waals surface area contributed by atoms with Crippen LogP contribution in [-0.4, -0.2) is 17.1 Å². The summed E-state index contributed by atoms with van der Waals surface area (Å²) in [5, 5.41) is 13.7. The molecule has 1 heterocycles. The molecule has 2 amide bonds. The normalized spacial score (nSPS) is 16.7. The lowest BCUT2D eigenvalue weighted by atomic mass is 10.1. The first-order chi connectivity index (χ1) is 16.8. The van der Waals surface area contributed by atoms with Crippen LogP contribution >= 0.6 is 58.2 Å². The van der Waals surface area contributed by atoms with Gasteiger partial charge in [-0.05, 0) is 60.5 Å². The Morgan fingerprint density at radius 3 is 2.37 bits per heavy atom. The third kappa shape index (κ3) is 5.61. The first-order valence-corrected chi connectivity index (χ1v) is 12.6. The van der Waals surface area contributed by atoms with Gasteiger partial charge in [0.25, 0.3) is 5.91 Å². The van der Waals surface area contributed by atoms with Crippen LogP contribution in [0.5, 0.6) is 0 Å². The first-order valence-electron chi connectivity index (χ1n) is 10.2. The van der Waals surface area contributed by atoms with Gasteiger partial charge in [-0.15, -0.1) is 0 Å². The van der Waals surface area contributed by atoms with Crippen molar-refractivity contribution in [3.63, 3.8) is 0 Å². The molecule has 0 aliphatic carbocycles. The minimum absolute atomic E-state index is 0.210. The smallest absolute Gasteiger partial charge is 0.269 e. The fourth-order valence-corrected chi connectivity index (χ4v) is 5.45. The Bertz CT molecular complexity index is 1390. The molecule has 0 aromatic heterocycles. The molecule has 1 unspecified atom stereocenters. The van der Waals surface area contributed by atoms with E-state index < -0.39 is 11.2 Å². The van der Waals surface area contributed by atoms with Crippen LogP contribution in [0.2, 0.25) is 20.1 Å². The van der Waals surface area contributed by atoms with E-state index in [9.17, 15) is 14.9 Å². The van der Waals surface area contributed by atoms with E-state index in [1.54, 1.807) is 48.5 Å². The summed E-state index contributed by atoms with van der Waals surface area (Å²) in [4.78, 5) is 28.0. The molecule has 0 radical (unpaired) electrons. The zero-order valence-corrected chi connectivity index (χ0v) is 21.6. The van der Waals surface area contributed by atoms with E-state index in [2.05, 4.69) is 5.32 Å². The molecule has 1 aliphatic heterocycles. The van der Waals surface area contributed by atoms with E-state index in [1.807, 2.05) is 12.1 Å². The van der Waals surface area contributed by atoms with Crippen LogP contribution in [0.4, 0.5) is 11.4 Å². The molecule has 4 rings (SSSR count). The van der Waals surface area contributed by atoms with Crippen molar-refractivity contribution in [1.29, 1.82) is 5.26 Å². The van der Waals surface area contributed by atoms with Crippen molar-refractivity contribution >= 4 is 81.4 Å². The fraction of sp³-hybridized carbons (Fsp3) is 0.0800. The van der Waals surface area contributed by atoms with Gasteiger partial charge in [0, 0.05) is 21.4 Å². The molecule has 0 bridgehead atoms. The lowest BCUT2D eigenvalue weighted by molar-refractivity contribution is -0.117. The first kappa shape index (κ1) is 25.4. The van der Waals surface area contributed by atoms with Crippen molar-refractivity contribution in [2.75, 3.05) is 10.2 Å². The largest absolute Gasteiger partial charge is 0.321 e. The quantitative estimate of drug-likeness (QED) is 0.260. The Balaban J connectivity index is 1.73. The highest BCUT2D eigenvalue weighted by Crippen LogP contribution is 2.42. The number of halogens is 4. The van der Waals surface area contributed by atoms with Crippen molar-refractivity contribution in [2.45, 2.75) is 11.7 Å². The van der Waals surface area contributed by atoms with Crippen LogP contribution in [0.3, 0.4) is 0 Å². The Morgan fingerprint density at radius 2 is 1.69 bits per heavy atom. The Morgan fingerprint density at radius 1 is 0.971 bits per heavy atom. The van der Waals surface area contributed by atoms with Gasteiger partial charge in [0.2, 0.25) is 5.91 Å². The van der Waals surface area contributed by atoms with Crippen molar-refractivity contribution < 1.29 is 9.59 Å². The number of hydrogen-bond donors (Lipinski definition) is 1. The number of para-hydroxylation sites is 1. The fourth-order valence-electron chi connectivity index (χ4n) is 3.47. The van der Waals surface area contributed by atoms with E-state index in [0.717, 1.165) is 11.8 Å². The highest BCUT2D eigenvalue weighted by molar-refractivity contribution is 8.05. The summed E-state index contributed by atoms with van der Waals surface area (Å²) in [5.41, 5.74) is 1.38. The average molecular weight is 563 g/mol. The number of amides is 2. The molecule has 3 aromatic rings. The van der Waals surface area contributed by atoms with Crippen molar-refractivity contribution in [2.24, 2.45) is 0 Å². The van der Waals surface area contributed by atoms with Crippen LogP contribution in [-0.2, 0) is 16.0 Å². The number of anilines is 2. The maximum absolute atomic E-state index is 13.5. The SMILES string of the molecule is N#CC(C(=O)Nc1ccc(Cl)c(Cl)c1)=C1SC(Cc2cc(Cl)ccc2Cl)C(=O)N1c1ccccc1. The summed E-state index contributed by atoms with van der Waals surface area (Å²) in [5.74, 6) is -0.953. The standard InChI is InChI=1S/C25H15Cl4N3O2S/c26-15-6-8-19(27)14(10-15)11-22-24(34)32(17-4-2-1-3-5-17)25(35-22)18(13-30)23(33)31-16-7-9-20(28)21(29)12-16/h1-10,12,22H,11H2,(H,31,33). The predicted molar refractivity (Wildman–Crippen MR) is 143 cm³/mol. The summed E-state index contributed by atoms with van der Waals surface area (Å²) < 4.78 is 0.